The summed E-state index contributed by atoms with van der Waals surface area (Å²) in [6.45, 7) is 0. The van der Waals surface area contributed by atoms with Crippen LogP contribution in [0.15, 0.2) is 12.4 Å². The molecular formula is C13H15F2N3O2. The quantitative estimate of drug-likeness (QED) is 0.891. The third kappa shape index (κ3) is 2.21. The second-order valence-electron chi connectivity index (χ2n) is 5.68. The average Bonchev–Trinajstić information content (AvgIpc) is 2.94. The van der Waals surface area contributed by atoms with Gasteiger partial charge in [-0.3, -0.25) is 0 Å². The van der Waals surface area contributed by atoms with Crippen molar-refractivity contribution in [3.05, 3.63) is 18.0 Å². The second-order valence-corrected chi connectivity index (χ2v) is 5.68. The van der Waals surface area contributed by atoms with Gasteiger partial charge in [0.1, 0.15) is 0 Å². The maximum Gasteiger partial charge on any atom is 0.338 e. The minimum absolute atomic E-state index is 0.0239. The van der Waals surface area contributed by atoms with E-state index in [-0.39, 0.29) is 18.0 Å². The van der Waals surface area contributed by atoms with Crippen molar-refractivity contribution in [1.82, 2.24) is 9.97 Å². The summed E-state index contributed by atoms with van der Waals surface area (Å²) < 4.78 is 26.5. The third-order valence-corrected chi connectivity index (χ3v) is 4.39. The number of alkyl halides is 2. The molecule has 3 rings (SSSR count). The van der Waals surface area contributed by atoms with Gasteiger partial charge >= 0.3 is 5.97 Å². The fourth-order valence-electron chi connectivity index (χ4n) is 2.93. The van der Waals surface area contributed by atoms with Crippen molar-refractivity contribution in [2.24, 2.45) is 5.41 Å². The minimum atomic E-state index is -2.47. The topological polar surface area (TPSA) is 75.1 Å². The number of aromatic nitrogens is 2. The van der Waals surface area contributed by atoms with Gasteiger partial charge < -0.3 is 10.4 Å². The van der Waals surface area contributed by atoms with Gasteiger partial charge in [0.15, 0.2) is 0 Å². The molecule has 7 heteroatoms. The average molecular weight is 283 g/mol. The Morgan fingerprint density at radius 3 is 2.30 bits per heavy atom. The molecule has 2 fully saturated rings. The van der Waals surface area contributed by atoms with Crippen molar-refractivity contribution in [2.75, 3.05) is 5.32 Å². The number of halogens is 2. The number of hydrogen-bond acceptors (Lipinski definition) is 4. The number of nitrogens with zero attached hydrogens (tertiary/aromatic N) is 2. The highest BCUT2D eigenvalue weighted by molar-refractivity contribution is 5.86. The molecule has 5 nitrogen and oxygen atoms in total. The van der Waals surface area contributed by atoms with Crippen LogP contribution in [0.1, 0.15) is 42.5 Å². The minimum Gasteiger partial charge on any atom is -0.478 e. The molecule has 1 spiro atoms. The fraction of sp³-hybridized carbons (Fsp3) is 0.615. The molecule has 0 aliphatic heterocycles. The van der Waals surface area contributed by atoms with Crippen molar-refractivity contribution in [2.45, 2.75) is 44.1 Å². The summed E-state index contributed by atoms with van der Waals surface area (Å²) in [6.07, 6.45) is 4.86. The summed E-state index contributed by atoms with van der Waals surface area (Å²) in [7, 11) is 0. The first-order valence-electron chi connectivity index (χ1n) is 6.62. The van der Waals surface area contributed by atoms with E-state index in [0.29, 0.717) is 31.6 Å². The lowest BCUT2D eigenvalue weighted by Gasteiger charge is -2.29. The zero-order valence-corrected chi connectivity index (χ0v) is 10.8. The van der Waals surface area contributed by atoms with Gasteiger partial charge in [-0.25, -0.2) is 23.5 Å². The van der Waals surface area contributed by atoms with E-state index in [2.05, 4.69) is 15.3 Å². The van der Waals surface area contributed by atoms with Crippen LogP contribution in [0.2, 0.25) is 0 Å². The Morgan fingerprint density at radius 2 is 1.85 bits per heavy atom. The monoisotopic (exact) mass is 283 g/mol. The van der Waals surface area contributed by atoms with Crippen LogP contribution >= 0.6 is 0 Å². The van der Waals surface area contributed by atoms with Crippen LogP contribution in [0.5, 0.6) is 0 Å². The van der Waals surface area contributed by atoms with Crippen LogP contribution in [-0.4, -0.2) is 33.0 Å². The molecule has 2 aliphatic rings. The lowest BCUT2D eigenvalue weighted by molar-refractivity contribution is 0.0467. The maximum absolute atomic E-state index is 13.2. The lowest BCUT2D eigenvalue weighted by atomic mass is 9.83. The maximum atomic E-state index is 13.2. The molecule has 0 saturated heterocycles. The number of aromatic carboxylic acids is 1. The molecule has 2 N–H and O–H groups in total. The number of carboxylic acids is 1. The van der Waals surface area contributed by atoms with Crippen LogP contribution < -0.4 is 5.32 Å². The molecule has 1 aromatic heterocycles. The van der Waals surface area contributed by atoms with Crippen LogP contribution in [0, 0.1) is 5.41 Å². The van der Waals surface area contributed by atoms with Gasteiger partial charge in [-0.05, 0) is 25.7 Å². The number of carbonyl (C=O) groups is 1. The highest BCUT2D eigenvalue weighted by Crippen LogP contribution is 2.67. The summed E-state index contributed by atoms with van der Waals surface area (Å²) in [4.78, 5) is 18.5. The smallest absolute Gasteiger partial charge is 0.338 e. The van der Waals surface area contributed by atoms with Gasteiger partial charge in [-0.2, -0.15) is 0 Å². The van der Waals surface area contributed by atoms with Crippen molar-refractivity contribution in [1.29, 1.82) is 0 Å². The first-order chi connectivity index (χ1) is 9.42. The molecule has 0 bridgehead atoms. The standard InChI is InChI=1S/C13H15F2N3O2/c14-13(15)7-12(13)3-1-9(2-4-12)18-11-16-5-8(6-17-11)10(19)20/h5-6,9H,1-4,7H2,(H,19,20)(H,16,17,18). The highest BCUT2D eigenvalue weighted by atomic mass is 19.3. The SMILES string of the molecule is O=C(O)c1cnc(NC2CCC3(CC2)CC3(F)F)nc1. The molecule has 0 amide bonds. The van der Waals surface area contributed by atoms with E-state index in [1.165, 1.54) is 12.4 Å². The highest BCUT2D eigenvalue weighted by Gasteiger charge is 2.70. The number of hydrogen-bond donors (Lipinski definition) is 2. The van der Waals surface area contributed by atoms with E-state index in [1.807, 2.05) is 0 Å². The third-order valence-electron chi connectivity index (χ3n) is 4.39. The predicted octanol–water partition coefficient (Wildman–Crippen LogP) is 2.55. The van der Waals surface area contributed by atoms with Gasteiger partial charge in [-0.1, -0.05) is 0 Å². The zero-order chi connectivity index (χ0) is 14.4. The normalized spacial score (nSPS) is 31.0. The first kappa shape index (κ1) is 13.2. The summed E-state index contributed by atoms with van der Waals surface area (Å²) in [5.41, 5.74) is -0.727. The Kier molecular flexibility index (Phi) is 2.88. The Bertz CT molecular complexity index is 525. The van der Waals surface area contributed by atoms with Gasteiger partial charge in [-0.15, -0.1) is 0 Å². The molecule has 1 heterocycles. The second kappa shape index (κ2) is 4.36. The van der Waals surface area contributed by atoms with E-state index < -0.39 is 17.3 Å². The molecule has 20 heavy (non-hydrogen) atoms. The van der Waals surface area contributed by atoms with Crippen LogP contribution in [0.25, 0.3) is 0 Å². The van der Waals surface area contributed by atoms with Gasteiger partial charge in [0, 0.05) is 30.3 Å². The van der Waals surface area contributed by atoms with E-state index in [4.69, 9.17) is 5.11 Å². The molecule has 0 atom stereocenters. The zero-order valence-electron chi connectivity index (χ0n) is 10.8. The van der Waals surface area contributed by atoms with E-state index in [1.54, 1.807) is 0 Å². The number of carboxylic acid groups (broad SMARTS) is 1. The summed E-state index contributed by atoms with van der Waals surface area (Å²) in [6, 6.07) is 0.0766. The van der Waals surface area contributed by atoms with Crippen molar-refractivity contribution >= 4 is 11.9 Å². The molecule has 0 unspecified atom stereocenters. The van der Waals surface area contributed by atoms with Crippen LogP contribution in [0.3, 0.4) is 0 Å². The Morgan fingerprint density at radius 1 is 1.30 bits per heavy atom. The number of rotatable bonds is 3. The molecule has 0 radical (unpaired) electrons. The Balaban J connectivity index is 1.56. The largest absolute Gasteiger partial charge is 0.478 e. The van der Waals surface area contributed by atoms with Crippen LogP contribution in [0.4, 0.5) is 14.7 Å². The van der Waals surface area contributed by atoms with E-state index in [0.717, 1.165) is 0 Å². The van der Waals surface area contributed by atoms with Crippen molar-refractivity contribution in [3.8, 4) is 0 Å². The molecular weight excluding hydrogens is 268 g/mol. The van der Waals surface area contributed by atoms with Gasteiger partial charge in [0.05, 0.1) is 5.56 Å². The van der Waals surface area contributed by atoms with E-state index in [9.17, 15) is 13.6 Å². The molecule has 108 valence electrons. The van der Waals surface area contributed by atoms with Gasteiger partial charge in [0.2, 0.25) is 5.95 Å². The predicted molar refractivity (Wildman–Crippen MR) is 66.9 cm³/mol. The van der Waals surface area contributed by atoms with Crippen molar-refractivity contribution in [3.63, 3.8) is 0 Å². The van der Waals surface area contributed by atoms with Crippen LogP contribution in [-0.2, 0) is 0 Å². The first-order valence-corrected chi connectivity index (χ1v) is 6.62. The number of anilines is 1. The Labute approximate surface area is 114 Å². The number of nitrogens with one attached hydrogen (secondary N) is 1. The van der Waals surface area contributed by atoms with Crippen molar-refractivity contribution < 1.29 is 18.7 Å². The molecule has 2 aliphatic carbocycles. The van der Waals surface area contributed by atoms with E-state index >= 15 is 0 Å². The molecule has 1 aromatic rings. The molecule has 2 saturated carbocycles. The van der Waals surface area contributed by atoms with Gasteiger partial charge in [0.25, 0.3) is 5.92 Å². The molecule has 0 aromatic carbocycles. The lowest BCUT2D eigenvalue weighted by Crippen LogP contribution is -2.29. The Hall–Kier alpha value is -1.79. The summed E-state index contributed by atoms with van der Waals surface area (Å²) in [5.74, 6) is -3.21. The fourth-order valence-corrected chi connectivity index (χ4v) is 2.93. The summed E-state index contributed by atoms with van der Waals surface area (Å²) in [5, 5.41) is 11.8. The summed E-state index contributed by atoms with van der Waals surface area (Å²) >= 11 is 0.